The molecule has 1 aromatic carbocycles. The Bertz CT molecular complexity index is 899. The van der Waals surface area contributed by atoms with E-state index in [4.69, 9.17) is 10.3 Å². The van der Waals surface area contributed by atoms with E-state index in [0.29, 0.717) is 16.6 Å². The summed E-state index contributed by atoms with van der Waals surface area (Å²) < 4.78 is 5.46. The second-order valence-corrected chi connectivity index (χ2v) is 7.24. The van der Waals surface area contributed by atoms with Gasteiger partial charge in [0, 0.05) is 7.05 Å². The summed E-state index contributed by atoms with van der Waals surface area (Å²) in [6.45, 7) is 0. The van der Waals surface area contributed by atoms with E-state index >= 15 is 0 Å². The van der Waals surface area contributed by atoms with Gasteiger partial charge in [0.25, 0.3) is 11.8 Å². The molecular weight excluding hydrogens is 336 g/mol. The Kier molecular flexibility index (Phi) is 3.89. The normalized spacial score (nSPS) is 15.6. The zero-order valence-corrected chi connectivity index (χ0v) is 14.6. The molecule has 1 amide bonds. The van der Waals surface area contributed by atoms with Gasteiger partial charge in [0.15, 0.2) is 5.82 Å². The lowest BCUT2D eigenvalue weighted by molar-refractivity contribution is 0.0997. The van der Waals surface area contributed by atoms with Crippen LogP contribution in [0.1, 0.15) is 34.8 Å². The van der Waals surface area contributed by atoms with Crippen LogP contribution in [-0.2, 0) is 5.54 Å². The molecule has 0 aliphatic heterocycles. The standard InChI is InChI=1S/C18H18N4O2S/c1-22(16(23)14-8-4-11-25-14)13-7-3-2-6-12(13)15-20-17(21-24-15)18(19)9-5-10-18/h2-4,6-8,11H,5,9-10,19H2,1H3. The van der Waals surface area contributed by atoms with Crippen molar-refractivity contribution in [3.63, 3.8) is 0 Å². The third-order valence-corrected chi connectivity index (χ3v) is 5.51. The summed E-state index contributed by atoms with van der Waals surface area (Å²) in [5, 5.41) is 5.95. The van der Waals surface area contributed by atoms with Crippen LogP contribution in [0, 0.1) is 0 Å². The van der Waals surface area contributed by atoms with Gasteiger partial charge in [0.2, 0.25) is 0 Å². The summed E-state index contributed by atoms with van der Waals surface area (Å²) in [6.07, 6.45) is 2.81. The van der Waals surface area contributed by atoms with Crippen LogP contribution < -0.4 is 10.6 Å². The fourth-order valence-electron chi connectivity index (χ4n) is 2.94. The average Bonchev–Trinajstić information content (AvgIpc) is 3.30. The van der Waals surface area contributed by atoms with E-state index in [0.717, 1.165) is 30.5 Å². The molecular formula is C18H18N4O2S. The van der Waals surface area contributed by atoms with Crippen LogP contribution in [0.4, 0.5) is 5.69 Å². The highest BCUT2D eigenvalue weighted by Gasteiger charge is 2.39. The highest BCUT2D eigenvalue weighted by Crippen LogP contribution is 2.38. The topological polar surface area (TPSA) is 85.2 Å². The Morgan fingerprint density at radius 1 is 1.28 bits per heavy atom. The number of carbonyl (C=O) groups is 1. The first-order valence-electron chi connectivity index (χ1n) is 8.12. The molecule has 25 heavy (non-hydrogen) atoms. The number of thiophene rings is 1. The predicted octanol–water partition coefficient (Wildman–Crippen LogP) is 3.41. The quantitative estimate of drug-likeness (QED) is 0.776. The molecule has 0 bridgehead atoms. The maximum absolute atomic E-state index is 12.7. The molecule has 1 aliphatic rings. The first-order valence-corrected chi connectivity index (χ1v) is 9.00. The van der Waals surface area contributed by atoms with Crippen molar-refractivity contribution >= 4 is 22.9 Å². The van der Waals surface area contributed by atoms with Crippen LogP contribution in [0.3, 0.4) is 0 Å². The number of nitrogens with zero attached hydrogens (tertiary/aromatic N) is 3. The molecule has 0 saturated heterocycles. The van der Waals surface area contributed by atoms with Crippen LogP contribution >= 0.6 is 11.3 Å². The van der Waals surface area contributed by atoms with Crippen molar-refractivity contribution in [3.8, 4) is 11.5 Å². The molecule has 7 heteroatoms. The Morgan fingerprint density at radius 2 is 2.08 bits per heavy atom. The van der Waals surface area contributed by atoms with Crippen LogP contribution in [0.15, 0.2) is 46.3 Å². The van der Waals surface area contributed by atoms with E-state index in [1.165, 1.54) is 11.3 Å². The number of para-hydroxylation sites is 1. The molecule has 2 heterocycles. The van der Waals surface area contributed by atoms with Crippen molar-refractivity contribution in [2.45, 2.75) is 24.8 Å². The van der Waals surface area contributed by atoms with Gasteiger partial charge < -0.3 is 15.2 Å². The van der Waals surface area contributed by atoms with Crippen LogP contribution in [0.25, 0.3) is 11.5 Å². The van der Waals surface area contributed by atoms with Gasteiger partial charge in [0.1, 0.15) is 0 Å². The largest absolute Gasteiger partial charge is 0.334 e. The maximum Gasteiger partial charge on any atom is 0.268 e. The molecule has 0 radical (unpaired) electrons. The third-order valence-electron chi connectivity index (χ3n) is 4.65. The molecule has 4 rings (SSSR count). The fourth-order valence-corrected chi connectivity index (χ4v) is 3.64. The average molecular weight is 354 g/mol. The van der Waals surface area contributed by atoms with Gasteiger partial charge >= 0.3 is 0 Å². The van der Waals surface area contributed by atoms with Crippen LogP contribution in [-0.4, -0.2) is 23.1 Å². The van der Waals surface area contributed by atoms with Crippen molar-refractivity contribution in [1.82, 2.24) is 10.1 Å². The number of aromatic nitrogens is 2. The van der Waals surface area contributed by atoms with Crippen molar-refractivity contribution in [2.24, 2.45) is 5.73 Å². The molecule has 1 aliphatic carbocycles. The predicted molar refractivity (Wildman–Crippen MR) is 96.5 cm³/mol. The molecule has 0 atom stereocenters. The fraction of sp³-hybridized carbons (Fsp3) is 0.278. The van der Waals surface area contributed by atoms with Gasteiger partial charge in [-0.25, -0.2) is 0 Å². The Hall–Kier alpha value is -2.51. The number of rotatable bonds is 4. The SMILES string of the molecule is CN(C(=O)c1cccs1)c1ccccc1-c1nc(C2(N)CCC2)no1. The van der Waals surface area contributed by atoms with Gasteiger partial charge in [-0.3, -0.25) is 4.79 Å². The first-order chi connectivity index (χ1) is 12.1. The number of amides is 1. The summed E-state index contributed by atoms with van der Waals surface area (Å²) in [5.41, 5.74) is 7.24. The zero-order valence-electron chi connectivity index (χ0n) is 13.8. The van der Waals surface area contributed by atoms with E-state index in [-0.39, 0.29) is 5.91 Å². The second-order valence-electron chi connectivity index (χ2n) is 6.29. The summed E-state index contributed by atoms with van der Waals surface area (Å²) in [6, 6.07) is 11.2. The molecule has 0 spiro atoms. The number of benzene rings is 1. The monoisotopic (exact) mass is 354 g/mol. The van der Waals surface area contributed by atoms with E-state index in [1.54, 1.807) is 11.9 Å². The first kappa shape index (κ1) is 16.0. The lowest BCUT2D eigenvalue weighted by Gasteiger charge is -2.34. The molecule has 6 nitrogen and oxygen atoms in total. The van der Waals surface area contributed by atoms with Crippen molar-refractivity contribution < 1.29 is 9.32 Å². The van der Waals surface area contributed by atoms with Crippen LogP contribution in [0.5, 0.6) is 0 Å². The smallest absolute Gasteiger partial charge is 0.268 e. The van der Waals surface area contributed by atoms with Gasteiger partial charge in [0.05, 0.1) is 21.7 Å². The molecule has 1 saturated carbocycles. The number of hydrogen-bond donors (Lipinski definition) is 1. The van der Waals surface area contributed by atoms with E-state index in [9.17, 15) is 4.79 Å². The summed E-state index contributed by atoms with van der Waals surface area (Å²) in [5.74, 6) is 0.848. The molecule has 0 unspecified atom stereocenters. The van der Waals surface area contributed by atoms with E-state index in [2.05, 4.69) is 10.1 Å². The maximum atomic E-state index is 12.7. The molecule has 2 aromatic heterocycles. The third kappa shape index (κ3) is 2.75. The summed E-state index contributed by atoms with van der Waals surface area (Å²) in [7, 11) is 1.74. The Balaban J connectivity index is 1.69. The summed E-state index contributed by atoms with van der Waals surface area (Å²) >= 11 is 1.41. The second kappa shape index (κ2) is 6.09. The van der Waals surface area contributed by atoms with Crippen molar-refractivity contribution in [1.29, 1.82) is 0 Å². The number of carbonyl (C=O) groups excluding carboxylic acids is 1. The van der Waals surface area contributed by atoms with E-state index < -0.39 is 5.54 Å². The lowest BCUT2D eigenvalue weighted by atomic mass is 9.77. The van der Waals surface area contributed by atoms with Crippen molar-refractivity contribution in [3.05, 3.63) is 52.5 Å². The Morgan fingerprint density at radius 3 is 2.76 bits per heavy atom. The highest BCUT2D eigenvalue weighted by atomic mass is 32.1. The minimum Gasteiger partial charge on any atom is -0.334 e. The summed E-state index contributed by atoms with van der Waals surface area (Å²) in [4.78, 5) is 19.4. The number of anilines is 1. The minimum absolute atomic E-state index is 0.0727. The zero-order chi connectivity index (χ0) is 17.4. The molecule has 128 valence electrons. The van der Waals surface area contributed by atoms with Gasteiger partial charge in [-0.2, -0.15) is 4.98 Å². The Labute approximate surface area is 149 Å². The molecule has 1 fully saturated rings. The number of hydrogen-bond acceptors (Lipinski definition) is 6. The van der Waals surface area contributed by atoms with E-state index in [1.807, 2.05) is 41.8 Å². The van der Waals surface area contributed by atoms with Gasteiger partial charge in [-0.05, 0) is 42.8 Å². The van der Waals surface area contributed by atoms with Crippen LogP contribution in [0.2, 0.25) is 0 Å². The molecule has 3 aromatic rings. The van der Waals surface area contributed by atoms with Gasteiger partial charge in [-0.1, -0.05) is 23.4 Å². The molecule has 2 N–H and O–H groups in total. The highest BCUT2D eigenvalue weighted by molar-refractivity contribution is 7.12. The lowest BCUT2D eigenvalue weighted by Crippen LogP contribution is -2.44. The van der Waals surface area contributed by atoms with Crippen molar-refractivity contribution in [2.75, 3.05) is 11.9 Å². The van der Waals surface area contributed by atoms with Gasteiger partial charge in [-0.15, -0.1) is 11.3 Å². The number of nitrogens with two attached hydrogens (primary N) is 1. The minimum atomic E-state index is -0.477.